The number of carbonyl (C=O) groups is 3. The molecule has 2 N–H and O–H groups in total. The fraction of sp³-hybridized carbons (Fsp3) is 0.190. The van der Waals surface area contributed by atoms with Crippen molar-refractivity contribution in [2.24, 2.45) is 0 Å². The van der Waals surface area contributed by atoms with Crippen molar-refractivity contribution < 1.29 is 19.1 Å². The zero-order chi connectivity index (χ0) is 21.6. The highest BCUT2D eigenvalue weighted by atomic mass is 35.5. The van der Waals surface area contributed by atoms with Gasteiger partial charge >= 0.3 is 0 Å². The lowest BCUT2D eigenvalue weighted by Gasteiger charge is -2.19. The number of amides is 2. The van der Waals surface area contributed by atoms with Gasteiger partial charge in [0.2, 0.25) is 12.3 Å². The van der Waals surface area contributed by atoms with Gasteiger partial charge in [-0.15, -0.1) is 0 Å². The molecule has 154 valence electrons. The summed E-state index contributed by atoms with van der Waals surface area (Å²) in [7, 11) is 1.92. The number of hydrogen-bond donors (Lipinski definition) is 2. The maximum Gasteiger partial charge on any atom is 0.298 e. The molecule has 0 saturated heterocycles. The highest BCUT2D eigenvalue weighted by Crippen LogP contribution is 2.30. The van der Waals surface area contributed by atoms with Crippen LogP contribution in [0.1, 0.15) is 12.5 Å². The number of hydrogen-bond acceptors (Lipinski definition) is 5. The molecule has 0 aliphatic heterocycles. The van der Waals surface area contributed by atoms with Gasteiger partial charge in [-0.1, -0.05) is 30.3 Å². The van der Waals surface area contributed by atoms with Crippen LogP contribution in [-0.2, 0) is 20.9 Å². The minimum Gasteiger partial charge on any atom is -0.426 e. The molecule has 0 aliphatic carbocycles. The minimum absolute atomic E-state index is 0.254. The van der Waals surface area contributed by atoms with E-state index >= 15 is 0 Å². The molecule has 29 heavy (non-hydrogen) atoms. The van der Waals surface area contributed by atoms with Gasteiger partial charge in [0.1, 0.15) is 0 Å². The van der Waals surface area contributed by atoms with E-state index in [2.05, 4.69) is 17.2 Å². The predicted octanol–water partition coefficient (Wildman–Crippen LogP) is 3.39. The molecule has 2 amide bonds. The summed E-state index contributed by atoms with van der Waals surface area (Å²) in [5.41, 5.74) is 2.46. The molecule has 0 heterocycles. The number of carbonyl (C=O) groups excluding carboxylic acids is 3. The Hall–Kier alpha value is -3.32. The van der Waals surface area contributed by atoms with Crippen molar-refractivity contribution in [3.8, 4) is 5.75 Å². The molecule has 0 spiro atoms. The van der Waals surface area contributed by atoms with Crippen molar-refractivity contribution in [2.75, 3.05) is 23.8 Å². The molecule has 7 nitrogen and oxygen atoms in total. The molecule has 2 aromatic carbocycles. The molecular formula is C21H24ClN3O4. The van der Waals surface area contributed by atoms with Crippen molar-refractivity contribution in [2.45, 2.75) is 13.5 Å². The van der Waals surface area contributed by atoms with E-state index in [-0.39, 0.29) is 5.91 Å². The maximum atomic E-state index is 11.0. The smallest absolute Gasteiger partial charge is 0.298 e. The van der Waals surface area contributed by atoms with Crippen LogP contribution in [0.3, 0.4) is 0 Å². The Morgan fingerprint density at radius 1 is 1.24 bits per heavy atom. The first kappa shape index (κ1) is 23.7. The summed E-state index contributed by atoms with van der Waals surface area (Å²) in [5, 5.41) is 5.73. The van der Waals surface area contributed by atoms with Gasteiger partial charge < -0.3 is 20.3 Å². The van der Waals surface area contributed by atoms with Crippen molar-refractivity contribution in [1.82, 2.24) is 5.32 Å². The van der Waals surface area contributed by atoms with E-state index in [1.807, 2.05) is 31.0 Å². The first-order valence-electron chi connectivity index (χ1n) is 8.75. The van der Waals surface area contributed by atoms with Crippen LogP contribution in [0, 0.1) is 0 Å². The van der Waals surface area contributed by atoms with Crippen LogP contribution in [0.2, 0.25) is 5.02 Å². The first-order chi connectivity index (χ1) is 13.9. The Morgan fingerprint density at radius 2 is 2.00 bits per heavy atom. The molecule has 0 unspecified atom stereocenters. The highest BCUT2D eigenvalue weighted by Gasteiger charge is 2.07. The summed E-state index contributed by atoms with van der Waals surface area (Å²) in [6.45, 7) is 7.05. The second-order valence-electron chi connectivity index (χ2n) is 5.73. The van der Waals surface area contributed by atoms with Gasteiger partial charge in [-0.3, -0.25) is 14.4 Å². The monoisotopic (exact) mass is 417 g/mol. The topological polar surface area (TPSA) is 87.7 Å². The Kier molecular flexibility index (Phi) is 10.6. The van der Waals surface area contributed by atoms with E-state index in [0.29, 0.717) is 35.9 Å². The molecule has 0 aliphatic rings. The number of halogens is 1. The average molecular weight is 418 g/mol. The third-order valence-electron chi connectivity index (χ3n) is 3.75. The molecule has 0 radical (unpaired) electrons. The standard InChI is InChI=1S/C11H12N2O2.C10H12ClNO2/c1-2-11(15)13-10-5-3-4-9(6-10)7-12-8-14;1-3-12(2)9-5-4-8(11)6-10(9)14-7-13/h2-6,8H,1,7H2,(H,12,14)(H,13,15);4-7H,3H2,1-2H3. The van der Waals surface area contributed by atoms with Gasteiger partial charge in [0, 0.05) is 36.9 Å². The van der Waals surface area contributed by atoms with Crippen LogP contribution < -0.4 is 20.3 Å². The summed E-state index contributed by atoms with van der Waals surface area (Å²) >= 11 is 5.79. The first-order valence-corrected chi connectivity index (χ1v) is 9.13. The van der Waals surface area contributed by atoms with E-state index in [4.69, 9.17) is 16.3 Å². The average Bonchev–Trinajstić information content (AvgIpc) is 2.72. The maximum absolute atomic E-state index is 11.0. The molecule has 2 rings (SSSR count). The second kappa shape index (κ2) is 13.0. The van der Waals surface area contributed by atoms with Crippen molar-refractivity contribution in [3.05, 3.63) is 65.7 Å². The third-order valence-corrected chi connectivity index (χ3v) is 3.99. The predicted molar refractivity (Wildman–Crippen MR) is 115 cm³/mol. The van der Waals surface area contributed by atoms with Crippen LogP contribution >= 0.6 is 11.6 Å². The van der Waals surface area contributed by atoms with Crippen LogP contribution in [-0.4, -0.2) is 32.4 Å². The lowest BCUT2D eigenvalue weighted by Crippen LogP contribution is -2.16. The third kappa shape index (κ3) is 8.49. The Labute approximate surface area is 175 Å². The lowest BCUT2D eigenvalue weighted by atomic mass is 10.2. The van der Waals surface area contributed by atoms with Crippen LogP contribution in [0.4, 0.5) is 11.4 Å². The van der Waals surface area contributed by atoms with Gasteiger partial charge in [-0.25, -0.2) is 0 Å². The van der Waals surface area contributed by atoms with Gasteiger partial charge in [0.05, 0.1) is 5.69 Å². The zero-order valence-corrected chi connectivity index (χ0v) is 17.1. The summed E-state index contributed by atoms with van der Waals surface area (Å²) in [6, 6.07) is 12.4. The lowest BCUT2D eigenvalue weighted by molar-refractivity contribution is -0.120. The van der Waals surface area contributed by atoms with E-state index < -0.39 is 0 Å². The van der Waals surface area contributed by atoms with Gasteiger partial charge in [-0.2, -0.15) is 0 Å². The van der Waals surface area contributed by atoms with E-state index in [9.17, 15) is 14.4 Å². The molecule has 0 saturated carbocycles. The molecule has 0 aromatic heterocycles. The molecule has 0 atom stereocenters. The summed E-state index contributed by atoms with van der Waals surface area (Å²) in [5.74, 6) is 0.229. The number of nitrogens with one attached hydrogen (secondary N) is 2. The quantitative estimate of drug-likeness (QED) is 0.482. The Morgan fingerprint density at radius 3 is 2.62 bits per heavy atom. The van der Waals surface area contributed by atoms with E-state index in [1.54, 1.807) is 30.3 Å². The van der Waals surface area contributed by atoms with Crippen molar-refractivity contribution in [1.29, 1.82) is 0 Å². The highest BCUT2D eigenvalue weighted by molar-refractivity contribution is 6.30. The SMILES string of the molecule is C=CC(=O)Nc1cccc(CNC=O)c1.CCN(C)c1ccc(Cl)cc1OC=O. The second-order valence-corrected chi connectivity index (χ2v) is 6.17. The Balaban J connectivity index is 0.000000291. The van der Waals surface area contributed by atoms with Crippen molar-refractivity contribution >= 4 is 41.8 Å². The van der Waals surface area contributed by atoms with Gasteiger partial charge in [-0.05, 0) is 42.8 Å². The number of ether oxygens (including phenoxy) is 1. The van der Waals surface area contributed by atoms with Crippen molar-refractivity contribution in [3.63, 3.8) is 0 Å². The molecule has 8 heteroatoms. The molecule has 2 aromatic rings. The Bertz CT molecular complexity index is 842. The normalized spacial score (nSPS) is 9.34. The fourth-order valence-corrected chi connectivity index (χ4v) is 2.39. The minimum atomic E-state index is -0.254. The fourth-order valence-electron chi connectivity index (χ4n) is 2.23. The number of benzene rings is 2. The van der Waals surface area contributed by atoms with E-state index in [0.717, 1.165) is 17.8 Å². The number of nitrogens with zero attached hydrogens (tertiary/aromatic N) is 1. The van der Waals surface area contributed by atoms with Crippen LogP contribution in [0.5, 0.6) is 5.75 Å². The molecule has 0 fully saturated rings. The van der Waals surface area contributed by atoms with E-state index in [1.165, 1.54) is 6.08 Å². The molecular weight excluding hydrogens is 394 g/mol. The summed E-state index contributed by atoms with van der Waals surface area (Å²) < 4.78 is 4.83. The molecule has 0 bridgehead atoms. The zero-order valence-electron chi connectivity index (χ0n) is 16.4. The summed E-state index contributed by atoms with van der Waals surface area (Å²) in [4.78, 5) is 33.3. The summed E-state index contributed by atoms with van der Waals surface area (Å²) in [6.07, 6.45) is 1.84. The van der Waals surface area contributed by atoms with Crippen LogP contribution in [0.25, 0.3) is 0 Å². The largest absolute Gasteiger partial charge is 0.426 e. The van der Waals surface area contributed by atoms with Gasteiger partial charge in [0.25, 0.3) is 6.47 Å². The number of rotatable bonds is 9. The van der Waals surface area contributed by atoms with Gasteiger partial charge in [0.15, 0.2) is 5.75 Å². The van der Waals surface area contributed by atoms with Crippen LogP contribution in [0.15, 0.2) is 55.1 Å². The number of anilines is 2.